The fourth-order valence-electron chi connectivity index (χ4n) is 1.43. The van der Waals surface area contributed by atoms with Gasteiger partial charge in [0.2, 0.25) is 5.75 Å². The molecule has 0 radical (unpaired) electrons. The van der Waals surface area contributed by atoms with Gasteiger partial charge in [-0.2, -0.15) is 13.2 Å². The van der Waals surface area contributed by atoms with Crippen molar-refractivity contribution in [1.29, 1.82) is 0 Å². The van der Waals surface area contributed by atoms with E-state index in [9.17, 15) is 18.0 Å². The second-order valence-corrected chi connectivity index (χ2v) is 3.61. The zero-order valence-corrected chi connectivity index (χ0v) is 11.0. The summed E-state index contributed by atoms with van der Waals surface area (Å²) in [4.78, 5) is 11.6. The first-order chi connectivity index (χ1) is 9.32. The highest BCUT2D eigenvalue weighted by Gasteiger charge is 2.30. The number of hydrogen-bond acceptors (Lipinski definition) is 5. The maximum atomic E-state index is 12.0. The molecular formula is C12H13F3O5. The van der Waals surface area contributed by atoms with Gasteiger partial charge in [0.1, 0.15) is 0 Å². The van der Waals surface area contributed by atoms with Crippen LogP contribution in [0.4, 0.5) is 13.2 Å². The number of carbonyl (C=O) groups excluding carboxylic acids is 1. The molecule has 20 heavy (non-hydrogen) atoms. The van der Waals surface area contributed by atoms with Crippen molar-refractivity contribution in [2.75, 3.05) is 27.9 Å². The van der Waals surface area contributed by atoms with Crippen molar-refractivity contribution in [2.24, 2.45) is 0 Å². The third kappa shape index (κ3) is 3.94. The number of ether oxygens (including phenoxy) is 4. The SMILES string of the molecule is COc1cc(C(=O)OCC(F)(F)F)cc(OC)c1OC. The Morgan fingerprint density at radius 2 is 1.55 bits per heavy atom. The summed E-state index contributed by atoms with van der Waals surface area (Å²) >= 11 is 0. The zero-order valence-electron chi connectivity index (χ0n) is 11.0. The van der Waals surface area contributed by atoms with E-state index in [-0.39, 0.29) is 22.8 Å². The van der Waals surface area contributed by atoms with Crippen LogP contribution in [0.3, 0.4) is 0 Å². The van der Waals surface area contributed by atoms with E-state index in [1.165, 1.54) is 33.5 Å². The van der Waals surface area contributed by atoms with Crippen molar-refractivity contribution in [3.63, 3.8) is 0 Å². The molecule has 0 fully saturated rings. The molecule has 1 rings (SSSR count). The van der Waals surface area contributed by atoms with Crippen LogP contribution in [0.1, 0.15) is 10.4 Å². The monoisotopic (exact) mass is 294 g/mol. The predicted molar refractivity (Wildman–Crippen MR) is 62.4 cm³/mol. The Morgan fingerprint density at radius 1 is 1.05 bits per heavy atom. The lowest BCUT2D eigenvalue weighted by Crippen LogP contribution is -2.20. The van der Waals surface area contributed by atoms with E-state index in [1.807, 2.05) is 0 Å². The summed E-state index contributed by atoms with van der Waals surface area (Å²) in [5, 5.41) is 0. The summed E-state index contributed by atoms with van der Waals surface area (Å²) < 4.78 is 55.1. The number of esters is 1. The number of methoxy groups -OCH3 is 3. The molecule has 112 valence electrons. The molecule has 0 amide bonds. The molecule has 0 aliphatic rings. The van der Waals surface area contributed by atoms with Crippen LogP contribution < -0.4 is 14.2 Å². The van der Waals surface area contributed by atoms with Crippen molar-refractivity contribution in [3.05, 3.63) is 17.7 Å². The number of carbonyl (C=O) groups is 1. The number of alkyl halides is 3. The van der Waals surface area contributed by atoms with Gasteiger partial charge < -0.3 is 18.9 Å². The van der Waals surface area contributed by atoms with Crippen LogP contribution in [0.2, 0.25) is 0 Å². The van der Waals surface area contributed by atoms with E-state index < -0.39 is 18.8 Å². The molecule has 0 atom stereocenters. The Kier molecular flexibility index (Phi) is 5.06. The minimum Gasteiger partial charge on any atom is -0.493 e. The average Bonchev–Trinajstić information content (AvgIpc) is 2.42. The van der Waals surface area contributed by atoms with Gasteiger partial charge in [0.25, 0.3) is 0 Å². The lowest BCUT2D eigenvalue weighted by molar-refractivity contribution is -0.161. The largest absolute Gasteiger partial charge is 0.493 e. The normalized spacial score (nSPS) is 10.9. The molecule has 8 heteroatoms. The first-order valence-electron chi connectivity index (χ1n) is 5.36. The van der Waals surface area contributed by atoms with Gasteiger partial charge in [0.15, 0.2) is 18.1 Å². The van der Waals surface area contributed by atoms with E-state index in [4.69, 9.17) is 14.2 Å². The molecule has 1 aromatic rings. The lowest BCUT2D eigenvalue weighted by atomic mass is 10.2. The van der Waals surface area contributed by atoms with Crippen LogP contribution in [0, 0.1) is 0 Å². The summed E-state index contributed by atoms with van der Waals surface area (Å²) in [6, 6.07) is 2.42. The molecule has 0 aliphatic heterocycles. The molecule has 0 spiro atoms. The first-order valence-corrected chi connectivity index (χ1v) is 5.36. The minimum atomic E-state index is -4.59. The van der Waals surface area contributed by atoms with Crippen LogP contribution >= 0.6 is 0 Å². The maximum Gasteiger partial charge on any atom is 0.422 e. The van der Waals surface area contributed by atoms with Gasteiger partial charge in [0.05, 0.1) is 26.9 Å². The second-order valence-electron chi connectivity index (χ2n) is 3.61. The molecule has 0 heterocycles. The quantitative estimate of drug-likeness (QED) is 0.781. The molecule has 0 saturated heterocycles. The minimum absolute atomic E-state index is 0.135. The smallest absolute Gasteiger partial charge is 0.422 e. The number of rotatable bonds is 5. The topological polar surface area (TPSA) is 54.0 Å². The van der Waals surface area contributed by atoms with Crippen LogP contribution in [0.25, 0.3) is 0 Å². The van der Waals surface area contributed by atoms with Crippen molar-refractivity contribution < 1.29 is 36.9 Å². The molecule has 0 aromatic heterocycles. The Labute approximate surface area is 113 Å². The summed E-state index contributed by atoms with van der Waals surface area (Å²) in [6.07, 6.45) is -4.59. The van der Waals surface area contributed by atoms with E-state index in [1.54, 1.807) is 0 Å². The first kappa shape index (κ1) is 15.9. The summed E-state index contributed by atoms with van der Waals surface area (Å²) in [6.45, 7) is -1.66. The van der Waals surface area contributed by atoms with Crippen molar-refractivity contribution in [3.8, 4) is 17.2 Å². The molecule has 0 bridgehead atoms. The third-order valence-corrected chi connectivity index (χ3v) is 2.27. The van der Waals surface area contributed by atoms with Crippen LogP contribution in [-0.2, 0) is 4.74 Å². The van der Waals surface area contributed by atoms with E-state index >= 15 is 0 Å². The highest BCUT2D eigenvalue weighted by Crippen LogP contribution is 2.38. The van der Waals surface area contributed by atoms with Gasteiger partial charge in [0, 0.05) is 0 Å². The molecular weight excluding hydrogens is 281 g/mol. The van der Waals surface area contributed by atoms with Crippen LogP contribution in [-0.4, -0.2) is 40.1 Å². The van der Waals surface area contributed by atoms with Gasteiger partial charge >= 0.3 is 12.1 Å². The Morgan fingerprint density at radius 3 is 1.90 bits per heavy atom. The van der Waals surface area contributed by atoms with Gasteiger partial charge in [-0.1, -0.05) is 0 Å². The zero-order chi connectivity index (χ0) is 15.3. The Balaban J connectivity index is 3.04. The van der Waals surface area contributed by atoms with Gasteiger partial charge in [-0.05, 0) is 12.1 Å². The van der Waals surface area contributed by atoms with Gasteiger partial charge in [-0.15, -0.1) is 0 Å². The van der Waals surface area contributed by atoms with Crippen LogP contribution in [0.5, 0.6) is 17.2 Å². The fourth-order valence-corrected chi connectivity index (χ4v) is 1.43. The molecule has 1 aromatic carbocycles. The number of hydrogen-bond donors (Lipinski definition) is 0. The highest BCUT2D eigenvalue weighted by molar-refractivity contribution is 5.91. The lowest BCUT2D eigenvalue weighted by Gasteiger charge is -2.14. The molecule has 5 nitrogen and oxygen atoms in total. The highest BCUT2D eigenvalue weighted by atomic mass is 19.4. The van der Waals surface area contributed by atoms with Gasteiger partial charge in [-0.25, -0.2) is 4.79 Å². The van der Waals surface area contributed by atoms with E-state index in [2.05, 4.69) is 4.74 Å². The Bertz CT molecular complexity index is 459. The van der Waals surface area contributed by atoms with Crippen molar-refractivity contribution in [1.82, 2.24) is 0 Å². The molecule has 0 N–H and O–H groups in total. The summed E-state index contributed by atoms with van der Waals surface area (Å²) in [5.74, 6) is -0.624. The maximum absolute atomic E-state index is 12.0. The Hall–Kier alpha value is -2.12. The fraction of sp³-hybridized carbons (Fsp3) is 0.417. The third-order valence-electron chi connectivity index (χ3n) is 2.27. The standard InChI is InChI=1S/C12H13F3O5/c1-17-8-4-7(5-9(18-2)10(8)19-3)11(16)20-6-12(13,14)15/h4-5H,6H2,1-3H3. The molecule has 0 aliphatic carbocycles. The number of halogens is 3. The molecule has 0 saturated carbocycles. The summed E-state index contributed by atoms with van der Waals surface area (Å²) in [5.41, 5.74) is -0.135. The van der Waals surface area contributed by atoms with Crippen molar-refractivity contribution >= 4 is 5.97 Å². The van der Waals surface area contributed by atoms with E-state index in [0.29, 0.717) is 0 Å². The predicted octanol–water partition coefficient (Wildman–Crippen LogP) is 2.43. The molecule has 0 unspecified atom stereocenters. The second kappa shape index (κ2) is 6.36. The van der Waals surface area contributed by atoms with Crippen molar-refractivity contribution in [2.45, 2.75) is 6.18 Å². The van der Waals surface area contributed by atoms with Gasteiger partial charge in [-0.3, -0.25) is 0 Å². The average molecular weight is 294 g/mol. The van der Waals surface area contributed by atoms with Crippen LogP contribution in [0.15, 0.2) is 12.1 Å². The number of benzene rings is 1. The van der Waals surface area contributed by atoms with E-state index in [0.717, 1.165) is 0 Å². The summed E-state index contributed by atoms with van der Waals surface area (Å²) in [7, 11) is 4.01.